The average Bonchev–Trinajstić information content (AvgIpc) is 2.02. The van der Waals surface area contributed by atoms with E-state index in [1.54, 1.807) is 0 Å². The van der Waals surface area contributed by atoms with Gasteiger partial charge in [0.05, 0.1) is 6.54 Å². The predicted molar refractivity (Wildman–Crippen MR) is 49.5 cm³/mol. The van der Waals surface area contributed by atoms with Crippen LogP contribution in [-0.4, -0.2) is 42.0 Å². The zero-order valence-corrected chi connectivity index (χ0v) is 8.76. The van der Waals surface area contributed by atoms with E-state index in [2.05, 4.69) is 0 Å². The Balaban J connectivity index is 4.05. The molecule has 0 aliphatic rings. The molecule has 84 valence electrons. The number of aliphatic carboxylic acids is 1. The molecule has 0 heterocycles. The minimum atomic E-state index is -3.65. The molecule has 0 aliphatic carbocycles. The molecule has 3 nitrogen and oxygen atoms in total. The SMILES string of the molecule is CCC(C)CN(C)CC(F)(F)C(=O)O. The largest absolute Gasteiger partial charge is 0.477 e. The Morgan fingerprint density at radius 1 is 1.57 bits per heavy atom. The van der Waals surface area contributed by atoms with Gasteiger partial charge in [-0.25, -0.2) is 4.79 Å². The summed E-state index contributed by atoms with van der Waals surface area (Å²) in [7, 11) is 1.50. The number of hydrogen-bond donors (Lipinski definition) is 1. The van der Waals surface area contributed by atoms with Crippen molar-refractivity contribution < 1.29 is 18.7 Å². The van der Waals surface area contributed by atoms with Crippen molar-refractivity contribution >= 4 is 5.97 Å². The second-order valence-corrected chi connectivity index (χ2v) is 3.72. The number of nitrogens with zero attached hydrogens (tertiary/aromatic N) is 1. The van der Waals surface area contributed by atoms with Gasteiger partial charge in [0, 0.05) is 6.54 Å². The van der Waals surface area contributed by atoms with Gasteiger partial charge < -0.3 is 5.11 Å². The molecule has 0 amide bonds. The van der Waals surface area contributed by atoms with Crippen LogP contribution < -0.4 is 0 Å². The number of rotatable bonds is 6. The monoisotopic (exact) mass is 209 g/mol. The van der Waals surface area contributed by atoms with Gasteiger partial charge in [-0.2, -0.15) is 8.78 Å². The Labute approximate surface area is 82.7 Å². The molecule has 0 rings (SSSR count). The second-order valence-electron chi connectivity index (χ2n) is 3.72. The van der Waals surface area contributed by atoms with Gasteiger partial charge in [-0.3, -0.25) is 4.90 Å². The standard InChI is InChI=1S/C9H17F2NO2/c1-4-7(2)5-12(3)6-9(10,11)8(13)14/h7H,4-6H2,1-3H3,(H,13,14). The molecule has 0 aromatic rings. The van der Waals surface area contributed by atoms with E-state index in [1.165, 1.54) is 11.9 Å². The van der Waals surface area contributed by atoms with Crippen LogP contribution in [-0.2, 0) is 4.79 Å². The molecule has 0 saturated heterocycles. The second kappa shape index (κ2) is 5.24. The lowest BCUT2D eigenvalue weighted by Gasteiger charge is -2.23. The maximum Gasteiger partial charge on any atom is 0.375 e. The zero-order valence-electron chi connectivity index (χ0n) is 8.76. The van der Waals surface area contributed by atoms with Gasteiger partial charge >= 0.3 is 11.9 Å². The van der Waals surface area contributed by atoms with Gasteiger partial charge in [0.2, 0.25) is 0 Å². The van der Waals surface area contributed by atoms with E-state index in [1.807, 2.05) is 13.8 Å². The van der Waals surface area contributed by atoms with Gasteiger partial charge in [-0.05, 0) is 13.0 Å². The zero-order chi connectivity index (χ0) is 11.4. The molecule has 0 saturated carbocycles. The Bertz CT molecular complexity index is 197. The van der Waals surface area contributed by atoms with Crippen LogP contribution in [0.15, 0.2) is 0 Å². The highest BCUT2D eigenvalue weighted by molar-refractivity contribution is 5.75. The normalized spacial score (nSPS) is 14.4. The van der Waals surface area contributed by atoms with Crippen molar-refractivity contribution in [3.05, 3.63) is 0 Å². The molecule has 1 N–H and O–H groups in total. The van der Waals surface area contributed by atoms with Gasteiger partial charge in [-0.1, -0.05) is 20.3 Å². The summed E-state index contributed by atoms with van der Waals surface area (Å²) < 4.78 is 25.4. The molecule has 1 unspecified atom stereocenters. The van der Waals surface area contributed by atoms with Crippen molar-refractivity contribution in [3.8, 4) is 0 Å². The Morgan fingerprint density at radius 2 is 2.07 bits per heavy atom. The minimum absolute atomic E-state index is 0.296. The number of halogens is 2. The summed E-state index contributed by atoms with van der Waals surface area (Å²) in [5.41, 5.74) is 0. The van der Waals surface area contributed by atoms with Crippen molar-refractivity contribution in [2.75, 3.05) is 20.1 Å². The Kier molecular flexibility index (Phi) is 4.97. The lowest BCUT2D eigenvalue weighted by Crippen LogP contribution is -2.42. The average molecular weight is 209 g/mol. The van der Waals surface area contributed by atoms with E-state index in [0.29, 0.717) is 12.5 Å². The molecule has 0 fully saturated rings. The number of carboxylic acid groups (broad SMARTS) is 1. The first-order valence-corrected chi connectivity index (χ1v) is 4.59. The highest BCUT2D eigenvalue weighted by Gasteiger charge is 2.39. The highest BCUT2D eigenvalue weighted by Crippen LogP contribution is 2.15. The maximum atomic E-state index is 12.7. The summed E-state index contributed by atoms with van der Waals surface area (Å²) >= 11 is 0. The van der Waals surface area contributed by atoms with E-state index in [4.69, 9.17) is 5.11 Å². The molecule has 0 radical (unpaired) electrons. The fraction of sp³-hybridized carbons (Fsp3) is 0.889. The predicted octanol–water partition coefficient (Wildman–Crippen LogP) is 1.68. The third-order valence-corrected chi connectivity index (χ3v) is 2.10. The minimum Gasteiger partial charge on any atom is -0.477 e. The number of hydrogen-bond acceptors (Lipinski definition) is 2. The van der Waals surface area contributed by atoms with Crippen LogP contribution in [0.3, 0.4) is 0 Å². The molecule has 14 heavy (non-hydrogen) atoms. The van der Waals surface area contributed by atoms with E-state index < -0.39 is 18.4 Å². The topological polar surface area (TPSA) is 40.5 Å². The third-order valence-electron chi connectivity index (χ3n) is 2.10. The Morgan fingerprint density at radius 3 is 2.43 bits per heavy atom. The lowest BCUT2D eigenvalue weighted by atomic mass is 10.1. The fourth-order valence-electron chi connectivity index (χ4n) is 1.13. The molecule has 0 aromatic carbocycles. The van der Waals surface area contributed by atoms with Gasteiger partial charge in [0.1, 0.15) is 0 Å². The molecule has 0 bridgehead atoms. The Hall–Kier alpha value is -0.710. The molecule has 0 aliphatic heterocycles. The van der Waals surface area contributed by atoms with E-state index in [0.717, 1.165) is 6.42 Å². The first-order chi connectivity index (χ1) is 6.29. The molecular weight excluding hydrogens is 192 g/mol. The summed E-state index contributed by atoms with van der Waals surface area (Å²) in [6.45, 7) is 3.66. The molecule has 0 aromatic heterocycles. The molecule has 5 heteroatoms. The van der Waals surface area contributed by atoms with Crippen LogP contribution in [0.2, 0.25) is 0 Å². The van der Waals surface area contributed by atoms with Crippen molar-refractivity contribution in [2.24, 2.45) is 5.92 Å². The van der Waals surface area contributed by atoms with E-state index >= 15 is 0 Å². The van der Waals surface area contributed by atoms with Gasteiger partial charge in [-0.15, -0.1) is 0 Å². The molecule has 0 spiro atoms. The smallest absolute Gasteiger partial charge is 0.375 e. The highest BCUT2D eigenvalue weighted by atomic mass is 19.3. The number of carboxylic acids is 1. The van der Waals surface area contributed by atoms with Crippen LogP contribution in [0.4, 0.5) is 8.78 Å². The van der Waals surface area contributed by atoms with Gasteiger partial charge in [0.15, 0.2) is 0 Å². The third kappa shape index (κ3) is 4.50. The number of alkyl halides is 2. The van der Waals surface area contributed by atoms with Crippen LogP contribution in [0.5, 0.6) is 0 Å². The summed E-state index contributed by atoms with van der Waals surface area (Å²) in [5, 5.41) is 8.20. The van der Waals surface area contributed by atoms with E-state index in [9.17, 15) is 13.6 Å². The van der Waals surface area contributed by atoms with Crippen molar-refractivity contribution in [2.45, 2.75) is 26.2 Å². The van der Waals surface area contributed by atoms with Crippen LogP contribution >= 0.6 is 0 Å². The summed E-state index contributed by atoms with van der Waals surface area (Å²) in [4.78, 5) is 11.5. The van der Waals surface area contributed by atoms with E-state index in [-0.39, 0.29) is 0 Å². The fourth-order valence-corrected chi connectivity index (χ4v) is 1.13. The first-order valence-electron chi connectivity index (χ1n) is 4.59. The van der Waals surface area contributed by atoms with Crippen molar-refractivity contribution in [3.63, 3.8) is 0 Å². The number of carbonyl (C=O) groups is 1. The van der Waals surface area contributed by atoms with Gasteiger partial charge in [0.25, 0.3) is 0 Å². The van der Waals surface area contributed by atoms with Crippen molar-refractivity contribution in [1.29, 1.82) is 0 Å². The maximum absolute atomic E-state index is 12.7. The summed E-state index contributed by atoms with van der Waals surface area (Å²) in [6.07, 6.45) is 0.892. The summed E-state index contributed by atoms with van der Waals surface area (Å²) in [5.74, 6) is -5.42. The van der Waals surface area contributed by atoms with Crippen molar-refractivity contribution in [1.82, 2.24) is 4.90 Å². The first kappa shape index (κ1) is 13.3. The summed E-state index contributed by atoms with van der Waals surface area (Å²) in [6, 6.07) is 0. The lowest BCUT2D eigenvalue weighted by molar-refractivity contribution is -0.167. The van der Waals surface area contributed by atoms with Crippen LogP contribution in [0.25, 0.3) is 0 Å². The van der Waals surface area contributed by atoms with Crippen LogP contribution in [0.1, 0.15) is 20.3 Å². The quantitative estimate of drug-likeness (QED) is 0.723. The molecular formula is C9H17F2NO2. The molecule has 1 atom stereocenters. The van der Waals surface area contributed by atoms with Crippen LogP contribution in [0, 0.1) is 5.92 Å².